The number of carboxylic acid groups (broad SMARTS) is 1. The van der Waals surface area contributed by atoms with E-state index in [2.05, 4.69) is 10.2 Å². The summed E-state index contributed by atoms with van der Waals surface area (Å²) in [6, 6.07) is 7.25. The summed E-state index contributed by atoms with van der Waals surface area (Å²) in [4.78, 5) is 22.4. The lowest BCUT2D eigenvalue weighted by Crippen LogP contribution is -2.05. The Hall–Kier alpha value is -2.15. The number of thioether (sulfide) groups is 1. The molecule has 0 unspecified atom stereocenters. The lowest BCUT2D eigenvalue weighted by atomic mass is 10.1. The van der Waals surface area contributed by atoms with E-state index in [0.717, 1.165) is 36.1 Å². The molecule has 0 bridgehead atoms. The van der Waals surface area contributed by atoms with E-state index in [0.29, 0.717) is 16.6 Å². The first-order valence-corrected chi connectivity index (χ1v) is 7.96. The number of aromatic nitrogens is 3. The molecule has 22 heavy (non-hydrogen) atoms. The number of aliphatic carboxylic acids is 1. The van der Waals surface area contributed by atoms with Crippen LogP contribution in [0.4, 0.5) is 0 Å². The Bertz CT molecular complexity index is 737. The summed E-state index contributed by atoms with van der Waals surface area (Å²) in [5.41, 5.74) is 1.41. The molecule has 7 heteroatoms. The van der Waals surface area contributed by atoms with Crippen molar-refractivity contribution in [3.8, 4) is 5.69 Å². The van der Waals surface area contributed by atoms with Gasteiger partial charge in [-0.05, 0) is 31.9 Å². The molecule has 2 aromatic rings. The summed E-state index contributed by atoms with van der Waals surface area (Å²) in [7, 11) is 0. The number of carbonyl (C=O) groups excluding carboxylic acids is 1. The molecule has 0 saturated heterocycles. The van der Waals surface area contributed by atoms with Gasteiger partial charge in [0.25, 0.3) is 0 Å². The van der Waals surface area contributed by atoms with E-state index >= 15 is 0 Å². The molecular formula is C15H15N3O3S. The van der Waals surface area contributed by atoms with Crippen LogP contribution in [0.3, 0.4) is 0 Å². The van der Waals surface area contributed by atoms with Crippen molar-refractivity contribution in [2.45, 2.75) is 30.8 Å². The summed E-state index contributed by atoms with van der Waals surface area (Å²) in [5.74, 6) is 0.226. The van der Waals surface area contributed by atoms with Crippen molar-refractivity contribution >= 4 is 23.5 Å². The number of nitrogens with zero attached hydrogens (tertiary/aromatic N) is 3. The smallest absolute Gasteiger partial charge is 0.313 e. The number of carboxylic acids is 1. The molecule has 1 aliphatic carbocycles. The fourth-order valence-electron chi connectivity index (χ4n) is 2.21. The van der Waals surface area contributed by atoms with Crippen molar-refractivity contribution in [2.75, 3.05) is 5.75 Å². The van der Waals surface area contributed by atoms with Gasteiger partial charge < -0.3 is 5.11 Å². The number of Topliss-reactive ketones (excluding diaryl/α,β-unsaturated/α-hetero) is 1. The third-order valence-electron chi connectivity index (χ3n) is 3.44. The third kappa shape index (κ3) is 3.04. The molecule has 0 spiro atoms. The Morgan fingerprint density at radius 2 is 2.14 bits per heavy atom. The van der Waals surface area contributed by atoms with Gasteiger partial charge in [-0.3, -0.25) is 14.2 Å². The third-order valence-corrected chi connectivity index (χ3v) is 4.35. The largest absolute Gasteiger partial charge is 0.481 e. The number of carbonyl (C=O) groups is 2. The Balaban J connectivity index is 2.03. The molecule has 1 aromatic heterocycles. The monoisotopic (exact) mass is 317 g/mol. The van der Waals surface area contributed by atoms with Crippen molar-refractivity contribution in [3.63, 3.8) is 0 Å². The molecule has 6 nitrogen and oxygen atoms in total. The highest BCUT2D eigenvalue weighted by molar-refractivity contribution is 7.99. The Labute approximate surface area is 131 Å². The number of ketones is 1. The van der Waals surface area contributed by atoms with E-state index in [9.17, 15) is 9.59 Å². The zero-order valence-corrected chi connectivity index (χ0v) is 12.8. The van der Waals surface area contributed by atoms with Crippen LogP contribution in [0.2, 0.25) is 0 Å². The highest BCUT2D eigenvalue weighted by Crippen LogP contribution is 2.41. The average molecular weight is 317 g/mol. The SMILES string of the molecule is CC(=O)c1cccc(-n2c(SCC(=O)O)nnc2C2CC2)c1. The standard InChI is InChI=1S/C15H15N3O3S/c1-9(19)11-3-2-4-12(7-11)18-14(10-5-6-10)16-17-15(18)22-8-13(20)21/h2-4,7,10H,5-6,8H2,1H3,(H,20,21). The number of rotatable bonds is 6. The van der Waals surface area contributed by atoms with Gasteiger partial charge in [-0.2, -0.15) is 0 Å². The van der Waals surface area contributed by atoms with Crippen LogP contribution in [0.15, 0.2) is 29.4 Å². The molecule has 1 saturated carbocycles. The lowest BCUT2D eigenvalue weighted by Gasteiger charge is -2.10. The van der Waals surface area contributed by atoms with E-state index < -0.39 is 5.97 Å². The van der Waals surface area contributed by atoms with E-state index in [1.165, 1.54) is 6.92 Å². The van der Waals surface area contributed by atoms with Gasteiger partial charge >= 0.3 is 5.97 Å². The summed E-state index contributed by atoms with van der Waals surface area (Å²) >= 11 is 1.14. The maximum absolute atomic E-state index is 11.6. The van der Waals surface area contributed by atoms with Gasteiger partial charge in [0.15, 0.2) is 10.9 Å². The van der Waals surface area contributed by atoms with Gasteiger partial charge in [0, 0.05) is 11.5 Å². The quantitative estimate of drug-likeness (QED) is 0.651. The van der Waals surface area contributed by atoms with Crippen LogP contribution >= 0.6 is 11.8 Å². The van der Waals surface area contributed by atoms with Crippen LogP contribution in [0.5, 0.6) is 0 Å². The summed E-state index contributed by atoms with van der Waals surface area (Å²) < 4.78 is 1.87. The Kier molecular flexibility index (Phi) is 3.98. The van der Waals surface area contributed by atoms with Gasteiger partial charge in [0.05, 0.1) is 11.4 Å². The van der Waals surface area contributed by atoms with E-state index in [-0.39, 0.29) is 11.5 Å². The molecule has 1 fully saturated rings. The van der Waals surface area contributed by atoms with E-state index in [1.54, 1.807) is 12.1 Å². The molecule has 1 N–H and O–H groups in total. The van der Waals surface area contributed by atoms with Crippen LogP contribution in [-0.2, 0) is 4.79 Å². The Morgan fingerprint density at radius 3 is 2.77 bits per heavy atom. The first kappa shape index (κ1) is 14.8. The van der Waals surface area contributed by atoms with E-state index in [1.807, 2.05) is 16.7 Å². The second kappa shape index (κ2) is 5.92. The minimum atomic E-state index is -0.898. The highest BCUT2D eigenvalue weighted by Gasteiger charge is 2.31. The van der Waals surface area contributed by atoms with Crippen LogP contribution in [0.1, 0.15) is 41.9 Å². The van der Waals surface area contributed by atoms with Gasteiger partial charge in [-0.25, -0.2) is 0 Å². The fourth-order valence-corrected chi connectivity index (χ4v) is 2.89. The van der Waals surface area contributed by atoms with Crippen LogP contribution < -0.4 is 0 Å². The highest BCUT2D eigenvalue weighted by atomic mass is 32.2. The number of hydrogen-bond donors (Lipinski definition) is 1. The minimum absolute atomic E-state index is 0.0114. The fraction of sp³-hybridized carbons (Fsp3) is 0.333. The number of hydrogen-bond acceptors (Lipinski definition) is 5. The van der Waals surface area contributed by atoms with Gasteiger partial charge in [0.1, 0.15) is 5.82 Å². The van der Waals surface area contributed by atoms with Gasteiger partial charge in [0.2, 0.25) is 0 Å². The van der Waals surface area contributed by atoms with E-state index in [4.69, 9.17) is 5.11 Å². The molecule has 0 atom stereocenters. The molecular weight excluding hydrogens is 302 g/mol. The normalized spacial score (nSPS) is 14.0. The predicted molar refractivity (Wildman–Crippen MR) is 81.7 cm³/mol. The predicted octanol–water partition coefficient (Wildman–Crippen LogP) is 2.52. The minimum Gasteiger partial charge on any atom is -0.481 e. The zero-order chi connectivity index (χ0) is 15.7. The van der Waals surface area contributed by atoms with Crippen molar-refractivity contribution < 1.29 is 14.7 Å². The molecule has 1 heterocycles. The van der Waals surface area contributed by atoms with Crippen LogP contribution in [-0.4, -0.2) is 37.4 Å². The van der Waals surface area contributed by atoms with Crippen LogP contribution in [0, 0.1) is 0 Å². The average Bonchev–Trinajstić information content (AvgIpc) is 3.25. The first-order valence-electron chi connectivity index (χ1n) is 6.97. The number of benzene rings is 1. The van der Waals surface area contributed by atoms with Crippen molar-refractivity contribution in [2.24, 2.45) is 0 Å². The lowest BCUT2D eigenvalue weighted by molar-refractivity contribution is -0.133. The zero-order valence-electron chi connectivity index (χ0n) is 12.0. The van der Waals surface area contributed by atoms with Crippen molar-refractivity contribution in [3.05, 3.63) is 35.7 Å². The molecule has 1 aliphatic rings. The van der Waals surface area contributed by atoms with Crippen molar-refractivity contribution in [1.82, 2.24) is 14.8 Å². The van der Waals surface area contributed by atoms with Gasteiger partial charge in [-0.15, -0.1) is 10.2 Å². The second-order valence-corrected chi connectivity index (χ2v) is 6.18. The second-order valence-electron chi connectivity index (χ2n) is 5.24. The van der Waals surface area contributed by atoms with Gasteiger partial charge in [-0.1, -0.05) is 23.9 Å². The first-order chi connectivity index (χ1) is 10.6. The molecule has 0 aliphatic heterocycles. The molecule has 1 aromatic carbocycles. The summed E-state index contributed by atoms with van der Waals surface area (Å²) in [6.45, 7) is 1.52. The summed E-state index contributed by atoms with van der Waals surface area (Å²) in [6.07, 6.45) is 2.13. The Morgan fingerprint density at radius 1 is 1.36 bits per heavy atom. The molecule has 0 amide bonds. The molecule has 0 radical (unpaired) electrons. The maximum atomic E-state index is 11.6. The van der Waals surface area contributed by atoms with Crippen LogP contribution in [0.25, 0.3) is 5.69 Å². The molecule has 114 valence electrons. The van der Waals surface area contributed by atoms with Crippen molar-refractivity contribution in [1.29, 1.82) is 0 Å². The molecule has 3 rings (SSSR count). The topological polar surface area (TPSA) is 85.1 Å². The maximum Gasteiger partial charge on any atom is 0.313 e. The summed E-state index contributed by atoms with van der Waals surface area (Å²) in [5, 5.41) is 17.8.